The molecule has 0 aromatic heterocycles. The van der Waals surface area contributed by atoms with Gasteiger partial charge in [0.1, 0.15) is 5.75 Å². The molecule has 0 bridgehead atoms. The van der Waals surface area contributed by atoms with Crippen LogP contribution in [0.5, 0.6) is 5.75 Å². The lowest BCUT2D eigenvalue weighted by atomic mass is 9.97. The van der Waals surface area contributed by atoms with Crippen molar-refractivity contribution < 1.29 is 24.2 Å². The lowest BCUT2D eigenvalue weighted by molar-refractivity contribution is -0.146. The van der Waals surface area contributed by atoms with Crippen molar-refractivity contribution in [1.82, 2.24) is 14.7 Å². The number of hydrogen-bond acceptors (Lipinski definition) is 6. The lowest BCUT2D eigenvalue weighted by Crippen LogP contribution is -2.55. The first-order chi connectivity index (χ1) is 16.3. The second kappa shape index (κ2) is 12.5. The smallest absolute Gasteiger partial charge is 0.306 e. The van der Waals surface area contributed by atoms with Crippen molar-refractivity contribution in [3.8, 4) is 5.75 Å². The molecule has 2 heterocycles. The molecular weight excluding hydrogens is 502 g/mol. The number of phenols is 1. The monoisotopic (exact) mass is 537 g/mol. The van der Waals surface area contributed by atoms with Crippen LogP contribution in [0, 0.1) is 5.92 Å². The second-order valence-corrected chi connectivity index (χ2v) is 10.0. The number of aromatic hydroxyl groups is 1. The molecule has 1 aromatic rings. The van der Waals surface area contributed by atoms with E-state index in [1.807, 2.05) is 28.9 Å². The summed E-state index contributed by atoms with van der Waals surface area (Å²) in [5.74, 6) is -0.0349. The molecule has 0 radical (unpaired) electrons. The van der Waals surface area contributed by atoms with Crippen molar-refractivity contribution in [1.29, 1.82) is 0 Å². The second-order valence-electron chi connectivity index (χ2n) is 9.17. The van der Waals surface area contributed by atoms with E-state index in [2.05, 4.69) is 20.8 Å². The highest BCUT2D eigenvalue weighted by Crippen LogP contribution is 2.26. The van der Waals surface area contributed by atoms with Gasteiger partial charge >= 0.3 is 5.97 Å². The Hall–Kier alpha value is -2.13. The summed E-state index contributed by atoms with van der Waals surface area (Å²) in [6, 6.07) is 5.81. The summed E-state index contributed by atoms with van der Waals surface area (Å²) in [4.78, 5) is 43.1. The number of amides is 2. The minimum absolute atomic E-state index is 0.0164. The number of piperidine rings is 1. The molecule has 1 aromatic carbocycles. The fraction of sp³-hybridized carbons (Fsp3) is 0.640. The number of likely N-dealkylation sites (tertiary alicyclic amines) is 1. The molecule has 2 saturated heterocycles. The van der Waals surface area contributed by atoms with Gasteiger partial charge in [-0.1, -0.05) is 13.0 Å². The highest BCUT2D eigenvalue weighted by Gasteiger charge is 2.31. The van der Waals surface area contributed by atoms with Gasteiger partial charge in [0.25, 0.3) is 0 Å². The number of phenolic OH excluding ortho intramolecular Hbond substituents is 1. The zero-order chi connectivity index (χ0) is 24.7. The van der Waals surface area contributed by atoms with Crippen LogP contribution in [0.4, 0.5) is 0 Å². The van der Waals surface area contributed by atoms with Crippen LogP contribution >= 0.6 is 15.9 Å². The summed E-state index contributed by atoms with van der Waals surface area (Å²) < 4.78 is 5.54. The SMILES string of the molecule is CCOC(=O)CCC(=O)N1CCN(C2CCN(C(=O)[C@H](C)Cc3ccc(O)c(Br)c3)CC2)CC1. The van der Waals surface area contributed by atoms with Crippen molar-refractivity contribution in [3.05, 3.63) is 28.2 Å². The maximum atomic E-state index is 13.0. The van der Waals surface area contributed by atoms with Crippen LogP contribution in [0.3, 0.4) is 0 Å². The Bertz CT molecular complexity index is 864. The Morgan fingerprint density at radius 2 is 1.74 bits per heavy atom. The first-order valence-electron chi connectivity index (χ1n) is 12.2. The van der Waals surface area contributed by atoms with Gasteiger partial charge < -0.3 is 19.6 Å². The summed E-state index contributed by atoms with van der Waals surface area (Å²) in [6.07, 6.45) is 2.88. The summed E-state index contributed by atoms with van der Waals surface area (Å²) in [5, 5.41) is 9.66. The highest BCUT2D eigenvalue weighted by molar-refractivity contribution is 9.10. The number of ether oxygens (including phenoxy) is 1. The fourth-order valence-electron chi connectivity index (χ4n) is 4.82. The van der Waals surface area contributed by atoms with Crippen LogP contribution in [0.1, 0.15) is 45.1 Å². The van der Waals surface area contributed by atoms with E-state index in [1.165, 1.54) is 0 Å². The van der Waals surface area contributed by atoms with E-state index >= 15 is 0 Å². The number of nitrogens with zero attached hydrogens (tertiary/aromatic N) is 3. The molecule has 2 fully saturated rings. The van der Waals surface area contributed by atoms with Crippen LogP contribution in [-0.4, -0.2) is 89.5 Å². The molecule has 8 nitrogen and oxygen atoms in total. The Labute approximate surface area is 210 Å². The van der Waals surface area contributed by atoms with E-state index < -0.39 is 0 Å². The van der Waals surface area contributed by atoms with Gasteiger partial charge in [0, 0.05) is 57.6 Å². The third kappa shape index (κ3) is 7.18. The first-order valence-corrected chi connectivity index (χ1v) is 13.0. The molecule has 0 saturated carbocycles. The topological polar surface area (TPSA) is 90.4 Å². The fourth-order valence-corrected chi connectivity index (χ4v) is 5.24. The van der Waals surface area contributed by atoms with Gasteiger partial charge in [-0.05, 0) is 59.8 Å². The minimum Gasteiger partial charge on any atom is -0.507 e. The minimum atomic E-state index is -0.318. The number of halogens is 1. The molecule has 1 N–H and O–H groups in total. The summed E-state index contributed by atoms with van der Waals surface area (Å²) in [7, 11) is 0. The van der Waals surface area contributed by atoms with Gasteiger partial charge in [-0.25, -0.2) is 0 Å². The molecule has 2 amide bonds. The molecule has 1 atom stereocenters. The summed E-state index contributed by atoms with van der Waals surface area (Å²) in [5.41, 5.74) is 1.02. The van der Waals surface area contributed by atoms with Gasteiger partial charge in [-0.3, -0.25) is 19.3 Å². The third-order valence-corrected chi connectivity index (χ3v) is 7.42. The molecule has 9 heteroatoms. The molecule has 0 unspecified atom stereocenters. The average molecular weight is 538 g/mol. The Morgan fingerprint density at radius 1 is 1.06 bits per heavy atom. The zero-order valence-corrected chi connectivity index (χ0v) is 21.8. The largest absolute Gasteiger partial charge is 0.507 e. The number of hydrogen-bond donors (Lipinski definition) is 1. The van der Waals surface area contributed by atoms with Crippen LogP contribution < -0.4 is 0 Å². The van der Waals surface area contributed by atoms with Gasteiger partial charge in [-0.15, -0.1) is 0 Å². The molecule has 2 aliphatic rings. The predicted molar refractivity (Wildman–Crippen MR) is 132 cm³/mol. The molecule has 3 rings (SSSR count). The number of carbonyl (C=O) groups excluding carboxylic acids is 3. The van der Waals surface area contributed by atoms with Crippen LogP contribution in [0.15, 0.2) is 22.7 Å². The van der Waals surface area contributed by atoms with Crippen molar-refractivity contribution in [2.24, 2.45) is 5.92 Å². The van der Waals surface area contributed by atoms with E-state index in [0.29, 0.717) is 36.6 Å². The van der Waals surface area contributed by atoms with Gasteiger partial charge in [-0.2, -0.15) is 0 Å². The number of esters is 1. The molecular formula is C25H36BrN3O5. The zero-order valence-electron chi connectivity index (χ0n) is 20.2. The Kier molecular flexibility index (Phi) is 9.76. The molecule has 0 aliphatic carbocycles. The van der Waals surface area contributed by atoms with Crippen LogP contribution in [-0.2, 0) is 25.5 Å². The quantitative estimate of drug-likeness (QED) is 0.512. The summed E-state index contributed by atoms with van der Waals surface area (Å²) >= 11 is 3.33. The van der Waals surface area contributed by atoms with Crippen molar-refractivity contribution in [3.63, 3.8) is 0 Å². The lowest BCUT2D eigenvalue weighted by Gasteiger charge is -2.43. The van der Waals surface area contributed by atoms with Crippen LogP contribution in [0.2, 0.25) is 0 Å². The third-order valence-electron chi connectivity index (χ3n) is 6.78. The maximum absolute atomic E-state index is 13.0. The van der Waals surface area contributed by atoms with E-state index in [0.717, 1.165) is 44.6 Å². The highest BCUT2D eigenvalue weighted by atomic mass is 79.9. The van der Waals surface area contributed by atoms with Crippen molar-refractivity contribution in [2.45, 2.75) is 52.0 Å². The van der Waals surface area contributed by atoms with Gasteiger partial charge in [0.2, 0.25) is 11.8 Å². The molecule has 0 spiro atoms. The van der Waals surface area contributed by atoms with Gasteiger partial charge in [0.15, 0.2) is 0 Å². The normalized spacial score (nSPS) is 18.6. The number of rotatable bonds is 8. The number of piperazine rings is 1. The number of carbonyl (C=O) groups is 3. The van der Waals surface area contributed by atoms with E-state index in [1.54, 1.807) is 13.0 Å². The maximum Gasteiger partial charge on any atom is 0.306 e. The van der Waals surface area contributed by atoms with Crippen molar-refractivity contribution >= 4 is 33.7 Å². The average Bonchev–Trinajstić information content (AvgIpc) is 2.84. The Morgan fingerprint density at radius 3 is 2.35 bits per heavy atom. The molecule has 2 aliphatic heterocycles. The van der Waals surface area contributed by atoms with E-state index in [4.69, 9.17) is 4.74 Å². The predicted octanol–water partition coefficient (Wildman–Crippen LogP) is 2.81. The Balaban J connectivity index is 1.39. The van der Waals surface area contributed by atoms with Crippen molar-refractivity contribution in [2.75, 3.05) is 45.9 Å². The van der Waals surface area contributed by atoms with E-state index in [9.17, 15) is 19.5 Å². The molecule has 34 heavy (non-hydrogen) atoms. The standard InChI is InChI=1S/C25H36BrN3O5/c1-3-34-24(32)7-6-23(31)28-14-12-27(13-15-28)20-8-10-29(11-9-20)25(33)18(2)16-19-4-5-22(30)21(26)17-19/h4-5,17-18,20,30H,3,6-16H2,1-2H3/t18-/m1/s1. The van der Waals surface area contributed by atoms with Crippen LogP contribution in [0.25, 0.3) is 0 Å². The molecule has 188 valence electrons. The van der Waals surface area contributed by atoms with Gasteiger partial charge in [0.05, 0.1) is 17.5 Å². The number of benzene rings is 1. The van der Waals surface area contributed by atoms with E-state index in [-0.39, 0.29) is 42.3 Å². The first kappa shape index (κ1) is 26.5. The summed E-state index contributed by atoms with van der Waals surface area (Å²) in [6.45, 7) is 8.60.